The van der Waals surface area contributed by atoms with Crippen LogP contribution in [0.2, 0.25) is 0 Å². The summed E-state index contributed by atoms with van der Waals surface area (Å²) in [6.45, 7) is 4.30. The van der Waals surface area contributed by atoms with E-state index < -0.39 is 5.54 Å². The smallest absolute Gasteiger partial charge is 0.251 e. The fraction of sp³-hybridized carbons (Fsp3) is 0.467. The van der Waals surface area contributed by atoms with Crippen molar-refractivity contribution in [3.05, 3.63) is 29.8 Å². The van der Waals surface area contributed by atoms with Crippen LogP contribution in [-0.2, 0) is 4.79 Å². The molecular weight excluding hydrogens is 306 g/mol. The van der Waals surface area contributed by atoms with Gasteiger partial charge in [-0.25, -0.2) is 0 Å². The fourth-order valence-corrected chi connectivity index (χ4v) is 1.90. The monoisotopic (exact) mass is 329 g/mol. The Morgan fingerprint density at radius 2 is 1.73 bits per heavy atom. The Morgan fingerprint density at radius 1 is 1.18 bits per heavy atom. The normalized spacial score (nSPS) is 12.7. The number of rotatable bonds is 7. The van der Waals surface area contributed by atoms with E-state index in [1.165, 1.54) is 24.3 Å². The van der Waals surface area contributed by atoms with E-state index in [0.29, 0.717) is 25.1 Å². The third-order valence-corrected chi connectivity index (χ3v) is 3.11. The highest BCUT2D eigenvalue weighted by molar-refractivity contribution is 5.94. The van der Waals surface area contributed by atoms with Crippen LogP contribution in [0.4, 0.5) is 0 Å². The molecule has 0 radical (unpaired) electrons. The molecule has 1 aromatic carbocycles. The number of hydrogen-bond acceptors (Lipinski definition) is 4. The third-order valence-electron chi connectivity index (χ3n) is 3.11. The van der Waals surface area contributed by atoms with Crippen LogP contribution in [0.3, 0.4) is 0 Å². The SMILES string of the molecule is CCCC(C)(N)C(=O)NCCNC(=O)c1ccc(O)cc1.Cl. The second-order valence-electron chi connectivity index (χ2n) is 5.23. The molecule has 1 unspecified atom stereocenters. The van der Waals surface area contributed by atoms with Crippen molar-refractivity contribution in [2.24, 2.45) is 5.73 Å². The van der Waals surface area contributed by atoms with Crippen molar-refractivity contribution in [3.8, 4) is 5.75 Å². The Labute approximate surface area is 136 Å². The summed E-state index contributed by atoms with van der Waals surface area (Å²) >= 11 is 0. The molecule has 0 aliphatic carbocycles. The van der Waals surface area contributed by atoms with Crippen LogP contribution in [0.15, 0.2) is 24.3 Å². The first-order valence-electron chi connectivity index (χ1n) is 7.01. The zero-order valence-corrected chi connectivity index (χ0v) is 13.7. The Hall–Kier alpha value is -1.79. The van der Waals surface area contributed by atoms with E-state index in [0.717, 1.165) is 6.42 Å². The molecule has 7 heteroatoms. The van der Waals surface area contributed by atoms with E-state index in [-0.39, 0.29) is 30.0 Å². The molecule has 0 heterocycles. The van der Waals surface area contributed by atoms with Crippen molar-refractivity contribution in [1.82, 2.24) is 10.6 Å². The summed E-state index contributed by atoms with van der Waals surface area (Å²) in [5.41, 5.74) is 5.47. The minimum absolute atomic E-state index is 0. The molecule has 2 amide bonds. The summed E-state index contributed by atoms with van der Waals surface area (Å²) in [5, 5.41) is 14.5. The van der Waals surface area contributed by atoms with Crippen LogP contribution < -0.4 is 16.4 Å². The largest absolute Gasteiger partial charge is 0.508 e. The lowest BCUT2D eigenvalue weighted by Gasteiger charge is -2.22. The van der Waals surface area contributed by atoms with Crippen molar-refractivity contribution in [1.29, 1.82) is 0 Å². The van der Waals surface area contributed by atoms with Gasteiger partial charge in [0.15, 0.2) is 0 Å². The number of nitrogens with one attached hydrogen (secondary N) is 2. The summed E-state index contributed by atoms with van der Waals surface area (Å²) in [4.78, 5) is 23.6. The minimum atomic E-state index is -0.879. The van der Waals surface area contributed by atoms with Crippen molar-refractivity contribution in [3.63, 3.8) is 0 Å². The van der Waals surface area contributed by atoms with Gasteiger partial charge in [-0.15, -0.1) is 12.4 Å². The average Bonchev–Trinajstić information content (AvgIpc) is 2.43. The molecule has 22 heavy (non-hydrogen) atoms. The molecule has 0 spiro atoms. The van der Waals surface area contributed by atoms with Gasteiger partial charge in [0.25, 0.3) is 5.91 Å². The summed E-state index contributed by atoms with van der Waals surface area (Å²) in [7, 11) is 0. The molecule has 0 aromatic heterocycles. The molecule has 0 saturated heterocycles. The van der Waals surface area contributed by atoms with Crippen LogP contribution in [0, 0.1) is 0 Å². The van der Waals surface area contributed by atoms with Crippen molar-refractivity contribution < 1.29 is 14.7 Å². The summed E-state index contributed by atoms with van der Waals surface area (Å²) < 4.78 is 0. The van der Waals surface area contributed by atoms with Gasteiger partial charge in [-0.05, 0) is 37.6 Å². The molecule has 1 aromatic rings. The zero-order valence-electron chi connectivity index (χ0n) is 12.9. The Kier molecular flexibility index (Phi) is 8.52. The van der Waals surface area contributed by atoms with Gasteiger partial charge in [-0.3, -0.25) is 9.59 Å². The molecule has 0 aliphatic rings. The lowest BCUT2D eigenvalue weighted by Crippen LogP contribution is -2.52. The highest BCUT2D eigenvalue weighted by Crippen LogP contribution is 2.09. The van der Waals surface area contributed by atoms with Gasteiger partial charge in [0, 0.05) is 18.7 Å². The number of hydrogen-bond donors (Lipinski definition) is 4. The lowest BCUT2D eigenvalue weighted by atomic mass is 9.97. The Bertz CT molecular complexity index is 489. The maximum Gasteiger partial charge on any atom is 0.251 e. The lowest BCUT2D eigenvalue weighted by molar-refractivity contribution is -0.126. The van der Waals surface area contributed by atoms with Gasteiger partial charge in [-0.1, -0.05) is 13.3 Å². The van der Waals surface area contributed by atoms with Crippen LogP contribution in [0.1, 0.15) is 37.0 Å². The van der Waals surface area contributed by atoms with Gasteiger partial charge in [0.05, 0.1) is 5.54 Å². The number of halogens is 1. The van der Waals surface area contributed by atoms with Gasteiger partial charge in [0.2, 0.25) is 5.91 Å². The minimum Gasteiger partial charge on any atom is -0.508 e. The standard InChI is InChI=1S/C15H23N3O3.ClH/c1-3-8-15(2,16)14(21)18-10-9-17-13(20)11-4-6-12(19)7-5-11;/h4-7,19H,3,8-10,16H2,1-2H3,(H,17,20)(H,18,21);1H. The van der Waals surface area contributed by atoms with E-state index >= 15 is 0 Å². The van der Waals surface area contributed by atoms with E-state index in [4.69, 9.17) is 10.8 Å². The van der Waals surface area contributed by atoms with Gasteiger partial charge >= 0.3 is 0 Å². The predicted molar refractivity (Wildman–Crippen MR) is 88.2 cm³/mol. The molecule has 0 saturated carbocycles. The van der Waals surface area contributed by atoms with E-state index in [1.54, 1.807) is 6.92 Å². The number of phenols is 1. The van der Waals surface area contributed by atoms with Gasteiger partial charge in [-0.2, -0.15) is 0 Å². The quantitative estimate of drug-likeness (QED) is 0.564. The van der Waals surface area contributed by atoms with E-state index in [2.05, 4.69) is 10.6 Å². The van der Waals surface area contributed by atoms with Crippen LogP contribution in [0.5, 0.6) is 5.75 Å². The molecule has 6 nitrogen and oxygen atoms in total. The highest BCUT2D eigenvalue weighted by Gasteiger charge is 2.26. The number of aromatic hydroxyl groups is 1. The first-order chi connectivity index (χ1) is 9.86. The first-order valence-corrected chi connectivity index (χ1v) is 7.01. The predicted octanol–water partition coefficient (Wildman–Crippen LogP) is 1.18. The summed E-state index contributed by atoms with van der Waals surface area (Å²) in [5.74, 6) is -0.367. The van der Waals surface area contributed by atoms with Crippen LogP contribution >= 0.6 is 12.4 Å². The Balaban J connectivity index is 0.00000441. The average molecular weight is 330 g/mol. The molecular formula is C15H24ClN3O3. The molecule has 124 valence electrons. The number of benzene rings is 1. The molecule has 1 atom stereocenters. The fourth-order valence-electron chi connectivity index (χ4n) is 1.90. The van der Waals surface area contributed by atoms with Crippen LogP contribution in [0.25, 0.3) is 0 Å². The number of amides is 2. The maximum atomic E-state index is 11.8. The molecule has 5 N–H and O–H groups in total. The maximum absolute atomic E-state index is 11.8. The van der Waals surface area contributed by atoms with Crippen LogP contribution in [-0.4, -0.2) is 35.5 Å². The molecule has 0 aliphatic heterocycles. The van der Waals surface area contributed by atoms with Crippen molar-refractivity contribution in [2.75, 3.05) is 13.1 Å². The number of phenolic OH excluding ortho intramolecular Hbond substituents is 1. The summed E-state index contributed by atoms with van der Waals surface area (Å²) in [6.07, 6.45) is 1.44. The van der Waals surface area contributed by atoms with E-state index in [1.807, 2.05) is 6.92 Å². The zero-order chi connectivity index (χ0) is 15.9. The second kappa shape index (κ2) is 9.27. The topological polar surface area (TPSA) is 104 Å². The number of carbonyl (C=O) groups is 2. The Morgan fingerprint density at radius 3 is 2.27 bits per heavy atom. The third kappa shape index (κ3) is 6.32. The number of carbonyl (C=O) groups excluding carboxylic acids is 2. The number of nitrogens with two attached hydrogens (primary N) is 1. The van der Waals surface area contributed by atoms with Gasteiger partial charge < -0.3 is 21.5 Å². The summed E-state index contributed by atoms with van der Waals surface area (Å²) in [6, 6.07) is 5.95. The van der Waals surface area contributed by atoms with E-state index in [9.17, 15) is 9.59 Å². The molecule has 0 fully saturated rings. The second-order valence-corrected chi connectivity index (χ2v) is 5.23. The highest BCUT2D eigenvalue weighted by atomic mass is 35.5. The first kappa shape index (κ1) is 20.2. The molecule has 1 rings (SSSR count). The van der Waals surface area contributed by atoms with Crippen molar-refractivity contribution in [2.45, 2.75) is 32.2 Å². The molecule has 0 bridgehead atoms. The van der Waals surface area contributed by atoms with Gasteiger partial charge in [0.1, 0.15) is 5.75 Å². The van der Waals surface area contributed by atoms with Crippen molar-refractivity contribution >= 4 is 24.2 Å².